The van der Waals surface area contributed by atoms with Gasteiger partial charge in [0.25, 0.3) is 0 Å². The molecule has 0 bridgehead atoms. The van der Waals surface area contributed by atoms with Gasteiger partial charge in [0.2, 0.25) is 0 Å². The monoisotopic (exact) mass is 363 g/mol. The molecule has 0 fully saturated rings. The summed E-state index contributed by atoms with van der Waals surface area (Å²) in [6.07, 6.45) is 0. The van der Waals surface area contributed by atoms with Crippen molar-refractivity contribution in [3.8, 4) is 0 Å². The summed E-state index contributed by atoms with van der Waals surface area (Å²) >= 11 is 6.08. The molecule has 0 saturated heterocycles. The van der Waals surface area contributed by atoms with Crippen LogP contribution >= 0.6 is 11.6 Å². The van der Waals surface area contributed by atoms with Crippen LogP contribution in [0.2, 0.25) is 5.02 Å². The third-order valence-electron chi connectivity index (χ3n) is 4.50. The van der Waals surface area contributed by atoms with Crippen molar-refractivity contribution in [1.29, 1.82) is 0 Å². The van der Waals surface area contributed by atoms with E-state index in [-0.39, 0.29) is 5.63 Å². The van der Waals surface area contributed by atoms with Gasteiger partial charge in [-0.1, -0.05) is 54.1 Å². The summed E-state index contributed by atoms with van der Waals surface area (Å²) in [7, 11) is 2.03. The molecule has 1 heterocycles. The molecule has 0 radical (unpaired) electrons. The van der Waals surface area contributed by atoms with Gasteiger partial charge >= 0.3 is 5.63 Å². The molecule has 0 aliphatic rings. The Morgan fingerprint density at radius 3 is 2.65 bits per heavy atom. The Labute approximate surface area is 156 Å². The molecule has 0 aliphatic heterocycles. The van der Waals surface area contributed by atoms with E-state index in [1.807, 2.05) is 49.5 Å². The van der Waals surface area contributed by atoms with Gasteiger partial charge in [-0.25, -0.2) is 4.79 Å². The van der Waals surface area contributed by atoms with Gasteiger partial charge < -0.3 is 4.42 Å². The number of rotatable bonds is 4. The van der Waals surface area contributed by atoms with E-state index in [1.165, 1.54) is 0 Å². The van der Waals surface area contributed by atoms with Gasteiger partial charge in [-0.2, -0.15) is 0 Å². The predicted octanol–water partition coefficient (Wildman–Crippen LogP) is 5.23. The number of hydrogen-bond donors (Lipinski definition) is 0. The van der Waals surface area contributed by atoms with E-state index in [9.17, 15) is 4.79 Å². The fourth-order valence-electron chi connectivity index (χ4n) is 3.44. The predicted molar refractivity (Wildman–Crippen MR) is 107 cm³/mol. The van der Waals surface area contributed by atoms with E-state index in [0.29, 0.717) is 12.1 Å². The Kier molecular flexibility index (Phi) is 4.49. The van der Waals surface area contributed by atoms with Gasteiger partial charge in [0, 0.05) is 29.6 Å². The van der Waals surface area contributed by atoms with E-state index < -0.39 is 0 Å². The molecule has 4 aromatic rings. The Morgan fingerprint density at radius 2 is 1.81 bits per heavy atom. The smallest absolute Gasteiger partial charge is 0.336 e. The van der Waals surface area contributed by atoms with Crippen LogP contribution in [-0.4, -0.2) is 11.9 Å². The topological polar surface area (TPSA) is 33.5 Å². The lowest BCUT2D eigenvalue weighted by Crippen LogP contribution is -2.18. The molecule has 3 nitrogen and oxygen atoms in total. The van der Waals surface area contributed by atoms with E-state index in [4.69, 9.17) is 16.0 Å². The standard InChI is InChI=1S/C22H18ClNO2/c1-24(13-15-5-4-7-18(23)11-15)14-17-12-21(25)26-20-10-9-16-6-2-3-8-19(16)22(17)20/h2-12H,13-14H2,1H3. The van der Waals surface area contributed by atoms with Crippen LogP contribution in [0, 0.1) is 0 Å². The van der Waals surface area contributed by atoms with Crippen molar-refractivity contribution in [3.63, 3.8) is 0 Å². The molecule has 1 aromatic heterocycles. The zero-order chi connectivity index (χ0) is 18.1. The zero-order valence-electron chi connectivity index (χ0n) is 14.4. The maximum absolute atomic E-state index is 12.0. The van der Waals surface area contributed by atoms with Crippen molar-refractivity contribution in [2.75, 3.05) is 7.05 Å². The molecule has 0 atom stereocenters. The normalized spacial score (nSPS) is 11.5. The van der Waals surface area contributed by atoms with Crippen molar-refractivity contribution in [2.45, 2.75) is 13.1 Å². The fourth-order valence-corrected chi connectivity index (χ4v) is 3.65. The summed E-state index contributed by atoms with van der Waals surface area (Å²) in [4.78, 5) is 14.2. The van der Waals surface area contributed by atoms with Gasteiger partial charge in [0.05, 0.1) is 0 Å². The number of halogens is 1. The van der Waals surface area contributed by atoms with Crippen LogP contribution in [0.1, 0.15) is 11.1 Å². The first kappa shape index (κ1) is 16.8. The van der Waals surface area contributed by atoms with Crippen LogP contribution in [0.4, 0.5) is 0 Å². The molecular weight excluding hydrogens is 346 g/mol. The van der Waals surface area contributed by atoms with Crippen molar-refractivity contribution in [1.82, 2.24) is 4.90 Å². The van der Waals surface area contributed by atoms with Gasteiger partial charge in [0.15, 0.2) is 0 Å². The highest BCUT2D eigenvalue weighted by atomic mass is 35.5. The van der Waals surface area contributed by atoms with Crippen molar-refractivity contribution in [2.24, 2.45) is 0 Å². The van der Waals surface area contributed by atoms with Gasteiger partial charge in [-0.15, -0.1) is 0 Å². The molecule has 0 aliphatic carbocycles. The van der Waals surface area contributed by atoms with E-state index >= 15 is 0 Å². The molecule has 0 spiro atoms. The van der Waals surface area contributed by atoms with Crippen molar-refractivity contribution < 1.29 is 4.42 Å². The van der Waals surface area contributed by atoms with Crippen LogP contribution in [0.15, 0.2) is 75.9 Å². The number of nitrogens with zero attached hydrogens (tertiary/aromatic N) is 1. The number of hydrogen-bond acceptors (Lipinski definition) is 3. The summed E-state index contributed by atoms with van der Waals surface area (Å²) in [6, 6.07) is 21.4. The second kappa shape index (κ2) is 6.94. The van der Waals surface area contributed by atoms with E-state index in [2.05, 4.69) is 23.1 Å². The van der Waals surface area contributed by atoms with Crippen molar-refractivity contribution in [3.05, 3.63) is 93.3 Å². The molecule has 0 amide bonds. The average molecular weight is 364 g/mol. The first-order valence-electron chi connectivity index (χ1n) is 8.47. The lowest BCUT2D eigenvalue weighted by molar-refractivity contribution is 0.319. The summed E-state index contributed by atoms with van der Waals surface area (Å²) in [5, 5.41) is 3.96. The molecule has 0 unspecified atom stereocenters. The quantitative estimate of drug-likeness (QED) is 0.367. The van der Waals surface area contributed by atoms with Crippen LogP contribution in [0.3, 0.4) is 0 Å². The Balaban J connectivity index is 1.75. The lowest BCUT2D eigenvalue weighted by atomic mass is 10.0. The molecule has 26 heavy (non-hydrogen) atoms. The van der Waals surface area contributed by atoms with Gasteiger partial charge in [0.1, 0.15) is 5.58 Å². The Bertz CT molecular complexity index is 1150. The maximum atomic E-state index is 12.0. The van der Waals surface area contributed by atoms with Crippen LogP contribution < -0.4 is 5.63 Å². The largest absolute Gasteiger partial charge is 0.423 e. The molecule has 4 heteroatoms. The molecule has 0 N–H and O–H groups in total. The molecule has 0 saturated carbocycles. The highest BCUT2D eigenvalue weighted by molar-refractivity contribution is 6.30. The third-order valence-corrected chi connectivity index (χ3v) is 4.73. The first-order valence-corrected chi connectivity index (χ1v) is 8.85. The average Bonchev–Trinajstić information content (AvgIpc) is 2.61. The van der Waals surface area contributed by atoms with Crippen LogP contribution in [0.5, 0.6) is 0 Å². The molecule has 3 aromatic carbocycles. The van der Waals surface area contributed by atoms with Crippen molar-refractivity contribution >= 4 is 33.3 Å². The summed E-state index contributed by atoms with van der Waals surface area (Å²) in [5.74, 6) is 0. The summed E-state index contributed by atoms with van der Waals surface area (Å²) in [5.41, 5.74) is 2.41. The lowest BCUT2D eigenvalue weighted by Gasteiger charge is -2.18. The zero-order valence-corrected chi connectivity index (χ0v) is 15.2. The van der Waals surface area contributed by atoms with Gasteiger partial charge in [-0.3, -0.25) is 4.90 Å². The maximum Gasteiger partial charge on any atom is 0.336 e. The first-order chi connectivity index (χ1) is 12.6. The Morgan fingerprint density at radius 1 is 0.962 bits per heavy atom. The molecule has 4 rings (SSSR count). The van der Waals surface area contributed by atoms with Crippen LogP contribution in [0.25, 0.3) is 21.7 Å². The minimum absolute atomic E-state index is 0.320. The third kappa shape index (κ3) is 3.36. The minimum atomic E-state index is -0.320. The summed E-state index contributed by atoms with van der Waals surface area (Å²) in [6.45, 7) is 1.38. The Hall–Kier alpha value is -2.62. The SMILES string of the molecule is CN(Cc1cccc(Cl)c1)Cc1cc(=O)oc2ccc3ccccc3c12. The fraction of sp³-hybridized carbons (Fsp3) is 0.136. The highest BCUT2D eigenvalue weighted by Crippen LogP contribution is 2.28. The summed E-state index contributed by atoms with van der Waals surface area (Å²) < 4.78 is 5.43. The highest BCUT2D eigenvalue weighted by Gasteiger charge is 2.12. The van der Waals surface area contributed by atoms with Gasteiger partial charge in [-0.05, 0) is 47.1 Å². The van der Waals surface area contributed by atoms with E-state index in [1.54, 1.807) is 6.07 Å². The molecule has 130 valence electrons. The second-order valence-electron chi connectivity index (χ2n) is 6.55. The molecular formula is C22H18ClNO2. The second-order valence-corrected chi connectivity index (χ2v) is 6.99. The number of benzene rings is 3. The minimum Gasteiger partial charge on any atom is -0.423 e. The van der Waals surface area contributed by atoms with E-state index in [0.717, 1.165) is 38.9 Å². The van der Waals surface area contributed by atoms with Crippen LogP contribution in [-0.2, 0) is 13.1 Å². The number of fused-ring (bicyclic) bond motifs is 3.